The van der Waals surface area contributed by atoms with Gasteiger partial charge in [-0.25, -0.2) is 0 Å². The van der Waals surface area contributed by atoms with E-state index in [1.165, 1.54) is 51.9 Å². The minimum Gasteiger partial charge on any atom is -0.312 e. The van der Waals surface area contributed by atoms with Crippen molar-refractivity contribution in [2.24, 2.45) is 0 Å². The van der Waals surface area contributed by atoms with Crippen LogP contribution >= 0.6 is 0 Å². The molecule has 100 valence electrons. The van der Waals surface area contributed by atoms with Crippen LogP contribution in [0, 0.1) is 0 Å². The lowest BCUT2D eigenvalue weighted by molar-refractivity contribution is 0.160. The molecule has 2 aliphatic rings. The van der Waals surface area contributed by atoms with Crippen LogP contribution in [0.2, 0.25) is 0 Å². The summed E-state index contributed by atoms with van der Waals surface area (Å²) in [7, 11) is 2.24. The molecule has 2 aliphatic heterocycles. The molecule has 2 saturated heterocycles. The average molecular weight is 239 g/mol. The Balaban J connectivity index is 1.67. The minimum atomic E-state index is 0.715. The second kappa shape index (κ2) is 6.17. The highest BCUT2D eigenvalue weighted by molar-refractivity contribution is 4.83. The molecule has 0 bridgehead atoms. The molecule has 0 aromatic rings. The van der Waals surface area contributed by atoms with E-state index in [0.717, 1.165) is 12.1 Å². The van der Waals surface area contributed by atoms with E-state index >= 15 is 0 Å². The van der Waals surface area contributed by atoms with Crippen molar-refractivity contribution < 1.29 is 0 Å². The predicted octanol–water partition coefficient (Wildman–Crippen LogP) is 1.54. The molecule has 0 aromatic carbocycles. The fraction of sp³-hybridized carbons (Fsp3) is 1.00. The number of nitrogens with one attached hydrogen (secondary N) is 1. The maximum atomic E-state index is 3.78. The van der Waals surface area contributed by atoms with E-state index in [1.54, 1.807) is 0 Å². The van der Waals surface area contributed by atoms with Gasteiger partial charge in [-0.05, 0) is 66.2 Å². The van der Waals surface area contributed by atoms with Crippen molar-refractivity contribution in [3.63, 3.8) is 0 Å². The zero-order valence-corrected chi connectivity index (χ0v) is 11.8. The monoisotopic (exact) mass is 239 g/mol. The largest absolute Gasteiger partial charge is 0.312 e. The van der Waals surface area contributed by atoms with Gasteiger partial charge < -0.3 is 10.2 Å². The Morgan fingerprint density at radius 2 is 1.94 bits per heavy atom. The van der Waals surface area contributed by atoms with Crippen molar-refractivity contribution in [2.75, 3.05) is 33.2 Å². The van der Waals surface area contributed by atoms with Crippen molar-refractivity contribution in [1.82, 2.24) is 15.1 Å². The first kappa shape index (κ1) is 13.3. The van der Waals surface area contributed by atoms with E-state index in [2.05, 4.69) is 36.0 Å². The first-order valence-electron chi connectivity index (χ1n) is 7.34. The minimum absolute atomic E-state index is 0.715. The summed E-state index contributed by atoms with van der Waals surface area (Å²) >= 11 is 0. The normalized spacial score (nSPS) is 34.1. The maximum Gasteiger partial charge on any atom is 0.0192 e. The van der Waals surface area contributed by atoms with Crippen molar-refractivity contribution in [1.29, 1.82) is 0 Å². The quantitative estimate of drug-likeness (QED) is 0.803. The highest BCUT2D eigenvalue weighted by Crippen LogP contribution is 2.16. The second-order valence-corrected chi connectivity index (χ2v) is 6.05. The number of rotatable bonds is 4. The molecule has 0 saturated carbocycles. The smallest absolute Gasteiger partial charge is 0.0192 e. The van der Waals surface area contributed by atoms with E-state index in [-0.39, 0.29) is 0 Å². The molecular weight excluding hydrogens is 210 g/mol. The first-order valence-corrected chi connectivity index (χ1v) is 7.34. The number of hydrogen-bond donors (Lipinski definition) is 1. The van der Waals surface area contributed by atoms with Crippen molar-refractivity contribution >= 4 is 0 Å². The summed E-state index contributed by atoms with van der Waals surface area (Å²) in [6, 6.07) is 2.20. The highest BCUT2D eigenvalue weighted by atomic mass is 15.2. The van der Waals surface area contributed by atoms with Crippen LogP contribution in [0.25, 0.3) is 0 Å². The number of hydrogen-bond acceptors (Lipinski definition) is 3. The third-order valence-corrected chi connectivity index (χ3v) is 4.67. The van der Waals surface area contributed by atoms with Gasteiger partial charge in [-0.15, -0.1) is 0 Å². The summed E-state index contributed by atoms with van der Waals surface area (Å²) in [5.74, 6) is 0. The zero-order valence-electron chi connectivity index (χ0n) is 11.8. The molecule has 0 radical (unpaired) electrons. The Bertz CT molecular complexity index is 226. The van der Waals surface area contributed by atoms with Gasteiger partial charge in [0.2, 0.25) is 0 Å². The van der Waals surface area contributed by atoms with Crippen LogP contribution in [0.3, 0.4) is 0 Å². The Morgan fingerprint density at radius 3 is 2.59 bits per heavy atom. The fourth-order valence-electron chi connectivity index (χ4n) is 3.12. The number of nitrogens with zero attached hydrogens (tertiary/aromatic N) is 2. The first-order chi connectivity index (χ1) is 8.16. The summed E-state index contributed by atoms with van der Waals surface area (Å²) in [6.07, 6.45) is 5.42. The molecule has 1 N–H and O–H groups in total. The molecule has 0 spiro atoms. The molecule has 3 atom stereocenters. The van der Waals surface area contributed by atoms with E-state index in [4.69, 9.17) is 0 Å². The molecule has 17 heavy (non-hydrogen) atoms. The molecule has 0 aromatic heterocycles. The maximum absolute atomic E-state index is 3.78. The van der Waals surface area contributed by atoms with E-state index in [1.807, 2.05) is 0 Å². The molecule has 2 fully saturated rings. The molecule has 3 unspecified atom stereocenters. The Hall–Kier alpha value is -0.120. The number of likely N-dealkylation sites (tertiary alicyclic amines) is 2. The summed E-state index contributed by atoms with van der Waals surface area (Å²) < 4.78 is 0. The van der Waals surface area contributed by atoms with Crippen LogP contribution < -0.4 is 5.32 Å². The van der Waals surface area contributed by atoms with Crippen LogP contribution in [0.5, 0.6) is 0 Å². The van der Waals surface area contributed by atoms with Gasteiger partial charge in [0, 0.05) is 24.7 Å². The van der Waals surface area contributed by atoms with Crippen LogP contribution in [0.4, 0.5) is 0 Å². The van der Waals surface area contributed by atoms with Crippen molar-refractivity contribution in [3.05, 3.63) is 0 Å². The summed E-state index contributed by atoms with van der Waals surface area (Å²) in [4.78, 5) is 5.10. The predicted molar refractivity (Wildman–Crippen MR) is 73.4 cm³/mol. The van der Waals surface area contributed by atoms with Crippen LogP contribution in [0.1, 0.15) is 39.5 Å². The summed E-state index contributed by atoms with van der Waals surface area (Å²) in [6.45, 7) is 9.76. The molecule has 0 amide bonds. The van der Waals surface area contributed by atoms with Gasteiger partial charge >= 0.3 is 0 Å². The van der Waals surface area contributed by atoms with Crippen LogP contribution in [0.15, 0.2) is 0 Å². The Kier molecular flexibility index (Phi) is 4.83. The van der Waals surface area contributed by atoms with Gasteiger partial charge in [0.1, 0.15) is 0 Å². The molecule has 3 nitrogen and oxygen atoms in total. The second-order valence-electron chi connectivity index (χ2n) is 6.05. The Morgan fingerprint density at radius 1 is 1.24 bits per heavy atom. The third kappa shape index (κ3) is 3.67. The van der Waals surface area contributed by atoms with Gasteiger partial charge in [0.25, 0.3) is 0 Å². The number of piperidine rings is 1. The van der Waals surface area contributed by atoms with Gasteiger partial charge in [-0.3, -0.25) is 4.90 Å². The third-order valence-electron chi connectivity index (χ3n) is 4.67. The van der Waals surface area contributed by atoms with Gasteiger partial charge in [0.05, 0.1) is 0 Å². The summed E-state index contributed by atoms with van der Waals surface area (Å²) in [5.41, 5.74) is 0. The lowest BCUT2D eigenvalue weighted by atomic mass is 9.99. The SMILES string of the molecule is CC1CC(NCC(C)N2CCCC2)CCN1C. The van der Waals surface area contributed by atoms with Crippen molar-refractivity contribution in [3.8, 4) is 0 Å². The topological polar surface area (TPSA) is 18.5 Å². The lowest BCUT2D eigenvalue weighted by Gasteiger charge is -2.36. The average Bonchev–Trinajstić information content (AvgIpc) is 2.84. The molecule has 2 heterocycles. The molecular formula is C14H29N3. The Labute approximate surface area is 107 Å². The van der Waals surface area contributed by atoms with Crippen LogP contribution in [-0.2, 0) is 0 Å². The standard InChI is InChI=1S/C14H29N3/c1-12-10-14(6-9-16(12)3)15-11-13(2)17-7-4-5-8-17/h12-15H,4-11H2,1-3H3. The lowest BCUT2D eigenvalue weighted by Crippen LogP contribution is -2.48. The van der Waals surface area contributed by atoms with Gasteiger partial charge in [-0.1, -0.05) is 0 Å². The molecule has 2 rings (SSSR count). The fourth-order valence-corrected chi connectivity index (χ4v) is 3.12. The summed E-state index contributed by atoms with van der Waals surface area (Å²) in [5, 5.41) is 3.78. The van der Waals surface area contributed by atoms with Crippen LogP contribution in [-0.4, -0.2) is 61.2 Å². The van der Waals surface area contributed by atoms with Gasteiger partial charge in [0.15, 0.2) is 0 Å². The van der Waals surface area contributed by atoms with E-state index in [9.17, 15) is 0 Å². The molecule has 0 aliphatic carbocycles. The van der Waals surface area contributed by atoms with Crippen molar-refractivity contribution in [2.45, 2.75) is 57.7 Å². The van der Waals surface area contributed by atoms with Gasteiger partial charge in [-0.2, -0.15) is 0 Å². The molecule has 3 heteroatoms. The van der Waals surface area contributed by atoms with E-state index in [0.29, 0.717) is 6.04 Å². The zero-order chi connectivity index (χ0) is 12.3. The highest BCUT2D eigenvalue weighted by Gasteiger charge is 2.24. The van der Waals surface area contributed by atoms with E-state index < -0.39 is 0 Å².